The SMILES string of the molecule is O=C(Nc1ccc(Cl)c(Cl)c1)c1ccc2c(c1)C(=O)N(c1ccc(I)cc1)C2=O. The number of nitrogens with zero attached hydrogens (tertiary/aromatic N) is 1. The van der Waals surface area contributed by atoms with Crippen molar-refractivity contribution in [2.45, 2.75) is 0 Å². The lowest BCUT2D eigenvalue weighted by molar-refractivity contribution is 0.0925. The molecule has 1 aliphatic rings. The topological polar surface area (TPSA) is 66.5 Å². The molecular weight excluding hydrogens is 526 g/mol. The molecule has 29 heavy (non-hydrogen) atoms. The molecule has 5 nitrogen and oxygen atoms in total. The van der Waals surface area contributed by atoms with E-state index >= 15 is 0 Å². The standard InChI is InChI=1S/C21H11Cl2IN2O3/c22-17-8-4-13(10-18(17)23)25-19(27)11-1-7-15-16(9-11)21(29)26(20(15)28)14-5-2-12(24)3-6-14/h1-10H,(H,25,27). The van der Waals surface area contributed by atoms with Crippen LogP contribution in [0.5, 0.6) is 0 Å². The number of nitrogens with one attached hydrogen (secondary N) is 1. The normalized spacial score (nSPS) is 12.9. The van der Waals surface area contributed by atoms with Crippen LogP contribution in [-0.4, -0.2) is 17.7 Å². The van der Waals surface area contributed by atoms with Crippen molar-refractivity contribution in [2.24, 2.45) is 0 Å². The van der Waals surface area contributed by atoms with Crippen molar-refractivity contribution in [3.63, 3.8) is 0 Å². The van der Waals surface area contributed by atoms with Gasteiger partial charge in [0.05, 0.1) is 26.9 Å². The van der Waals surface area contributed by atoms with Gasteiger partial charge >= 0.3 is 0 Å². The Morgan fingerprint density at radius 1 is 0.828 bits per heavy atom. The molecule has 4 rings (SSSR count). The zero-order valence-corrected chi connectivity index (χ0v) is 18.2. The lowest BCUT2D eigenvalue weighted by Crippen LogP contribution is -2.29. The van der Waals surface area contributed by atoms with Gasteiger partial charge in [-0.05, 0) is 83.3 Å². The summed E-state index contributed by atoms with van der Waals surface area (Å²) in [6.45, 7) is 0. The predicted octanol–water partition coefficient (Wildman–Crippen LogP) is 5.65. The van der Waals surface area contributed by atoms with Gasteiger partial charge in [0.25, 0.3) is 17.7 Å². The minimum absolute atomic E-state index is 0.190. The van der Waals surface area contributed by atoms with Crippen LogP contribution in [0.25, 0.3) is 0 Å². The van der Waals surface area contributed by atoms with Gasteiger partial charge in [0.15, 0.2) is 0 Å². The van der Waals surface area contributed by atoms with E-state index < -0.39 is 17.7 Å². The lowest BCUT2D eigenvalue weighted by Gasteiger charge is -2.13. The first-order valence-corrected chi connectivity index (χ1v) is 10.2. The number of fused-ring (bicyclic) bond motifs is 1. The molecule has 3 aromatic carbocycles. The number of anilines is 2. The van der Waals surface area contributed by atoms with E-state index in [0.717, 1.165) is 8.47 Å². The second kappa shape index (κ2) is 7.78. The Morgan fingerprint density at radius 3 is 2.21 bits per heavy atom. The highest BCUT2D eigenvalue weighted by molar-refractivity contribution is 14.1. The molecule has 0 bridgehead atoms. The number of imide groups is 1. The maximum Gasteiger partial charge on any atom is 0.266 e. The number of carbonyl (C=O) groups excluding carboxylic acids is 3. The highest BCUT2D eigenvalue weighted by Crippen LogP contribution is 2.30. The van der Waals surface area contributed by atoms with Gasteiger partial charge in [-0.25, -0.2) is 4.90 Å². The third kappa shape index (κ3) is 3.75. The Bertz CT molecular complexity index is 1180. The molecule has 0 aliphatic carbocycles. The van der Waals surface area contributed by atoms with Gasteiger partial charge in [-0.15, -0.1) is 0 Å². The Kier molecular flexibility index (Phi) is 5.33. The highest BCUT2D eigenvalue weighted by atomic mass is 127. The van der Waals surface area contributed by atoms with Crippen LogP contribution in [0.1, 0.15) is 31.1 Å². The lowest BCUT2D eigenvalue weighted by atomic mass is 10.1. The highest BCUT2D eigenvalue weighted by Gasteiger charge is 2.37. The zero-order chi connectivity index (χ0) is 20.7. The van der Waals surface area contributed by atoms with Gasteiger partial charge in [0, 0.05) is 14.8 Å². The van der Waals surface area contributed by atoms with Crippen LogP contribution < -0.4 is 10.2 Å². The maximum absolute atomic E-state index is 12.8. The Labute approximate surface area is 189 Å². The van der Waals surface area contributed by atoms with Crippen molar-refractivity contribution < 1.29 is 14.4 Å². The Morgan fingerprint density at radius 2 is 1.52 bits per heavy atom. The van der Waals surface area contributed by atoms with E-state index in [-0.39, 0.29) is 16.7 Å². The van der Waals surface area contributed by atoms with Crippen molar-refractivity contribution in [2.75, 3.05) is 10.2 Å². The monoisotopic (exact) mass is 536 g/mol. The van der Waals surface area contributed by atoms with Crippen molar-refractivity contribution >= 4 is 74.9 Å². The summed E-state index contributed by atoms with van der Waals surface area (Å²) in [4.78, 5) is 39.3. The smallest absolute Gasteiger partial charge is 0.266 e. The summed E-state index contributed by atoms with van der Waals surface area (Å²) in [5.74, 6) is -1.31. The fraction of sp³-hybridized carbons (Fsp3) is 0. The van der Waals surface area contributed by atoms with E-state index in [1.165, 1.54) is 24.3 Å². The zero-order valence-electron chi connectivity index (χ0n) is 14.6. The van der Waals surface area contributed by atoms with Crippen molar-refractivity contribution in [1.29, 1.82) is 0 Å². The molecule has 0 fully saturated rings. The fourth-order valence-corrected chi connectivity index (χ4v) is 3.64. The molecule has 0 radical (unpaired) electrons. The summed E-state index contributed by atoms with van der Waals surface area (Å²) in [5.41, 5.74) is 1.65. The largest absolute Gasteiger partial charge is 0.322 e. The third-order valence-corrected chi connectivity index (χ3v) is 5.87. The van der Waals surface area contributed by atoms with Gasteiger partial charge in [0.2, 0.25) is 0 Å². The van der Waals surface area contributed by atoms with Crippen LogP contribution in [0, 0.1) is 3.57 Å². The molecule has 1 aliphatic heterocycles. The van der Waals surface area contributed by atoms with Crippen molar-refractivity contribution in [3.05, 3.63) is 91.0 Å². The molecular formula is C21H11Cl2IN2O3. The molecule has 8 heteroatoms. The number of amides is 3. The molecule has 0 aromatic heterocycles. The van der Waals surface area contributed by atoms with Crippen LogP contribution in [-0.2, 0) is 0 Å². The summed E-state index contributed by atoms with van der Waals surface area (Å²) >= 11 is 14.0. The molecule has 0 saturated heterocycles. The molecule has 1 heterocycles. The minimum Gasteiger partial charge on any atom is -0.322 e. The average Bonchev–Trinajstić information content (AvgIpc) is 2.95. The van der Waals surface area contributed by atoms with Gasteiger partial charge in [0.1, 0.15) is 0 Å². The van der Waals surface area contributed by atoms with Crippen LogP contribution in [0.4, 0.5) is 11.4 Å². The van der Waals surface area contributed by atoms with E-state index in [0.29, 0.717) is 21.4 Å². The summed E-state index contributed by atoms with van der Waals surface area (Å²) in [6.07, 6.45) is 0. The quantitative estimate of drug-likeness (QED) is 0.347. The summed E-state index contributed by atoms with van der Waals surface area (Å²) < 4.78 is 0.990. The Balaban J connectivity index is 1.62. The molecule has 0 unspecified atom stereocenters. The number of hydrogen-bond donors (Lipinski definition) is 1. The first-order chi connectivity index (χ1) is 13.8. The summed E-state index contributed by atoms with van der Waals surface area (Å²) in [7, 11) is 0. The van der Waals surface area contributed by atoms with E-state index in [2.05, 4.69) is 27.9 Å². The number of halogens is 3. The van der Waals surface area contributed by atoms with E-state index in [1.54, 1.807) is 24.3 Å². The van der Waals surface area contributed by atoms with E-state index in [1.807, 2.05) is 12.1 Å². The van der Waals surface area contributed by atoms with Crippen molar-refractivity contribution in [1.82, 2.24) is 0 Å². The summed E-state index contributed by atoms with van der Waals surface area (Å²) in [5, 5.41) is 3.39. The van der Waals surface area contributed by atoms with Crippen LogP contribution >= 0.6 is 45.8 Å². The van der Waals surface area contributed by atoms with Crippen LogP contribution in [0.2, 0.25) is 10.0 Å². The summed E-state index contributed by atoms with van der Waals surface area (Å²) in [6, 6.07) is 16.2. The van der Waals surface area contributed by atoms with E-state index in [4.69, 9.17) is 23.2 Å². The van der Waals surface area contributed by atoms with E-state index in [9.17, 15) is 14.4 Å². The Hall–Kier alpha value is -2.42. The second-order valence-corrected chi connectivity index (χ2v) is 8.33. The molecule has 144 valence electrons. The maximum atomic E-state index is 12.8. The predicted molar refractivity (Wildman–Crippen MR) is 121 cm³/mol. The number of benzene rings is 3. The number of carbonyl (C=O) groups is 3. The number of rotatable bonds is 3. The molecule has 0 atom stereocenters. The fourth-order valence-electron chi connectivity index (χ4n) is 2.98. The molecule has 3 amide bonds. The van der Waals surface area contributed by atoms with Crippen LogP contribution in [0.3, 0.4) is 0 Å². The molecule has 3 aromatic rings. The average molecular weight is 537 g/mol. The molecule has 0 saturated carbocycles. The van der Waals surface area contributed by atoms with Gasteiger partial charge in [-0.1, -0.05) is 23.2 Å². The van der Waals surface area contributed by atoms with Crippen molar-refractivity contribution in [3.8, 4) is 0 Å². The molecule has 0 spiro atoms. The van der Waals surface area contributed by atoms with Gasteiger partial charge in [-0.2, -0.15) is 0 Å². The first-order valence-electron chi connectivity index (χ1n) is 8.40. The third-order valence-electron chi connectivity index (χ3n) is 4.41. The van der Waals surface area contributed by atoms with Crippen LogP contribution in [0.15, 0.2) is 60.7 Å². The second-order valence-electron chi connectivity index (χ2n) is 6.27. The molecule has 1 N–H and O–H groups in total. The van der Waals surface area contributed by atoms with Gasteiger partial charge < -0.3 is 5.32 Å². The minimum atomic E-state index is -0.463. The first kappa shape index (κ1) is 19.9. The number of hydrogen-bond acceptors (Lipinski definition) is 3. The van der Waals surface area contributed by atoms with Gasteiger partial charge in [-0.3, -0.25) is 14.4 Å².